The molecule has 216 valence electrons. The van der Waals surface area contributed by atoms with Crippen molar-refractivity contribution in [2.24, 2.45) is 23.7 Å². The summed E-state index contributed by atoms with van der Waals surface area (Å²) in [4.78, 5) is 32.7. The first-order valence-corrected chi connectivity index (χ1v) is 14.0. The Hall–Kier alpha value is -3.45. The van der Waals surface area contributed by atoms with Crippen LogP contribution >= 0.6 is 0 Å². The first-order valence-electron chi connectivity index (χ1n) is 14.0. The standard InChI is InChI=1S/C14H20O2.C12H12O2.C7H10O3/c1-8(2)14(15)16-13-7-9-6-12(13)11-5-3-4-10(9)11;1-10(12(13)14)6-5-9-11-7-3-2-4-8-11;1-5(2)7(8)10-4-6-3-9-6/h9-13H,1,3-7H2,2H3;2-9H,1H3,(H,13,14);6H,1,3-4H2,2H3. The fourth-order valence-electron chi connectivity index (χ4n) is 5.77. The van der Waals surface area contributed by atoms with Crippen LogP contribution in [0, 0.1) is 23.7 Å². The number of epoxide rings is 1. The molecule has 1 saturated heterocycles. The Kier molecular flexibility index (Phi) is 11.5. The lowest BCUT2D eigenvalue weighted by atomic mass is 9.80. The molecule has 0 spiro atoms. The summed E-state index contributed by atoms with van der Waals surface area (Å²) < 4.78 is 15.2. The highest BCUT2D eigenvalue weighted by molar-refractivity contribution is 5.87. The zero-order valence-corrected chi connectivity index (χ0v) is 23.8. The molecular formula is C33H42O7. The van der Waals surface area contributed by atoms with E-state index < -0.39 is 5.97 Å². The van der Waals surface area contributed by atoms with Gasteiger partial charge in [-0.2, -0.15) is 0 Å². The quantitative estimate of drug-likeness (QED) is 0.179. The summed E-state index contributed by atoms with van der Waals surface area (Å²) in [7, 11) is 0. The lowest BCUT2D eigenvalue weighted by molar-refractivity contribution is -0.148. The predicted octanol–water partition coefficient (Wildman–Crippen LogP) is 6.17. The van der Waals surface area contributed by atoms with Crippen molar-refractivity contribution in [3.8, 4) is 0 Å². The zero-order chi connectivity index (χ0) is 29.2. The number of fused-ring (bicyclic) bond motifs is 5. The second-order valence-corrected chi connectivity index (χ2v) is 11.1. The van der Waals surface area contributed by atoms with Crippen molar-refractivity contribution >= 4 is 24.0 Å². The smallest absolute Gasteiger partial charge is 0.333 e. The molecule has 0 aromatic heterocycles. The first-order chi connectivity index (χ1) is 19.1. The summed E-state index contributed by atoms with van der Waals surface area (Å²) >= 11 is 0. The maximum absolute atomic E-state index is 11.5. The van der Waals surface area contributed by atoms with Crippen molar-refractivity contribution < 1.29 is 33.7 Å². The maximum atomic E-state index is 11.5. The molecule has 1 heterocycles. The molecule has 1 N–H and O–H groups in total. The number of carbonyl (C=O) groups excluding carboxylic acids is 2. The van der Waals surface area contributed by atoms with Gasteiger partial charge in [0, 0.05) is 16.7 Å². The Morgan fingerprint density at radius 2 is 1.62 bits per heavy atom. The third-order valence-electron chi connectivity index (χ3n) is 7.90. The Labute approximate surface area is 237 Å². The lowest BCUT2D eigenvalue weighted by Gasteiger charge is -2.31. The van der Waals surface area contributed by atoms with E-state index in [1.807, 2.05) is 36.4 Å². The summed E-state index contributed by atoms with van der Waals surface area (Å²) in [5, 5.41) is 8.58. The molecule has 4 fully saturated rings. The molecule has 2 bridgehead atoms. The first kappa shape index (κ1) is 31.1. The summed E-state index contributed by atoms with van der Waals surface area (Å²) in [5.41, 5.74) is 2.35. The van der Waals surface area contributed by atoms with Gasteiger partial charge in [0.05, 0.1) is 6.61 Å². The van der Waals surface area contributed by atoms with Gasteiger partial charge >= 0.3 is 17.9 Å². The number of carbonyl (C=O) groups is 3. The van der Waals surface area contributed by atoms with E-state index in [-0.39, 0.29) is 24.1 Å². The van der Waals surface area contributed by atoms with Gasteiger partial charge in [0.25, 0.3) is 0 Å². The van der Waals surface area contributed by atoms with Gasteiger partial charge in [-0.25, -0.2) is 14.4 Å². The number of benzene rings is 1. The summed E-state index contributed by atoms with van der Waals surface area (Å²) in [6.07, 6.45) is 12.1. The van der Waals surface area contributed by atoms with Gasteiger partial charge in [0.2, 0.25) is 0 Å². The van der Waals surface area contributed by atoms with Gasteiger partial charge in [-0.1, -0.05) is 68.1 Å². The van der Waals surface area contributed by atoms with Crippen LogP contribution in [0.5, 0.6) is 0 Å². The maximum Gasteiger partial charge on any atom is 0.333 e. The Balaban J connectivity index is 0.000000170. The highest BCUT2D eigenvalue weighted by Crippen LogP contribution is 2.59. The molecule has 1 aromatic carbocycles. The SMILES string of the molecule is C=C(C)C(=O)OC1CC2CC1C1CCCC21.C=C(C)C(=O)OCC1CO1.CC(=CC=Cc1ccccc1)C(=O)O. The van der Waals surface area contributed by atoms with E-state index in [1.165, 1.54) is 25.7 Å². The van der Waals surface area contributed by atoms with Gasteiger partial charge in [0.1, 0.15) is 18.8 Å². The third-order valence-corrected chi connectivity index (χ3v) is 7.90. The largest absolute Gasteiger partial charge is 0.478 e. The number of rotatable bonds is 8. The van der Waals surface area contributed by atoms with E-state index in [1.54, 1.807) is 32.9 Å². The molecular weight excluding hydrogens is 508 g/mol. The van der Waals surface area contributed by atoms with E-state index >= 15 is 0 Å². The van der Waals surface area contributed by atoms with Gasteiger partial charge in [-0.15, -0.1) is 0 Å². The highest BCUT2D eigenvalue weighted by Gasteiger charge is 2.55. The van der Waals surface area contributed by atoms with Crippen LogP contribution in [0.1, 0.15) is 58.4 Å². The second-order valence-electron chi connectivity index (χ2n) is 11.1. The van der Waals surface area contributed by atoms with Crippen LogP contribution in [0.25, 0.3) is 6.08 Å². The van der Waals surface area contributed by atoms with Gasteiger partial charge < -0.3 is 19.3 Å². The zero-order valence-electron chi connectivity index (χ0n) is 23.8. The Morgan fingerprint density at radius 3 is 2.23 bits per heavy atom. The molecule has 3 saturated carbocycles. The number of carboxylic acids is 1. The van der Waals surface area contributed by atoms with E-state index in [4.69, 9.17) is 19.3 Å². The minimum absolute atomic E-state index is 0.142. The van der Waals surface area contributed by atoms with Gasteiger partial charge in [0.15, 0.2) is 0 Å². The van der Waals surface area contributed by atoms with Crippen molar-refractivity contribution in [1.29, 1.82) is 0 Å². The molecule has 3 aliphatic carbocycles. The number of carboxylic acid groups (broad SMARTS) is 1. The molecule has 40 heavy (non-hydrogen) atoms. The van der Waals surface area contributed by atoms with Crippen molar-refractivity contribution in [2.75, 3.05) is 13.2 Å². The van der Waals surface area contributed by atoms with Crippen LogP contribution in [-0.4, -0.2) is 48.4 Å². The molecule has 6 unspecified atom stereocenters. The van der Waals surface area contributed by atoms with Gasteiger partial charge in [-0.3, -0.25) is 0 Å². The number of ether oxygens (including phenoxy) is 3. The number of hydrogen-bond donors (Lipinski definition) is 1. The van der Waals surface area contributed by atoms with Gasteiger partial charge in [-0.05, 0) is 75.7 Å². The van der Waals surface area contributed by atoms with Crippen LogP contribution < -0.4 is 0 Å². The molecule has 6 atom stereocenters. The van der Waals surface area contributed by atoms with Crippen LogP contribution in [0.4, 0.5) is 0 Å². The van der Waals surface area contributed by atoms with Crippen LogP contribution in [0.3, 0.4) is 0 Å². The molecule has 4 aliphatic rings. The molecule has 0 radical (unpaired) electrons. The minimum Gasteiger partial charge on any atom is -0.478 e. The highest BCUT2D eigenvalue weighted by atomic mass is 16.6. The number of esters is 2. The minimum atomic E-state index is -0.886. The van der Waals surface area contributed by atoms with Crippen molar-refractivity contribution in [3.63, 3.8) is 0 Å². The number of hydrogen-bond acceptors (Lipinski definition) is 6. The monoisotopic (exact) mass is 550 g/mol. The predicted molar refractivity (Wildman–Crippen MR) is 154 cm³/mol. The fraction of sp³-hybridized carbons (Fsp3) is 0.485. The van der Waals surface area contributed by atoms with Crippen LogP contribution in [-0.2, 0) is 28.6 Å². The summed E-state index contributed by atoms with van der Waals surface area (Å²) in [6, 6.07) is 9.73. The van der Waals surface area contributed by atoms with E-state index in [9.17, 15) is 14.4 Å². The average Bonchev–Trinajstić information content (AvgIpc) is 3.30. The molecule has 7 nitrogen and oxygen atoms in total. The summed E-state index contributed by atoms with van der Waals surface area (Å²) in [6.45, 7) is 13.1. The van der Waals surface area contributed by atoms with Crippen molar-refractivity contribution in [2.45, 2.75) is 65.1 Å². The molecule has 7 heteroatoms. The second kappa shape index (κ2) is 14.8. The van der Waals surface area contributed by atoms with Crippen molar-refractivity contribution in [3.05, 3.63) is 77.9 Å². The number of aliphatic carboxylic acids is 1. The lowest BCUT2D eigenvalue weighted by Crippen LogP contribution is -2.32. The topological polar surface area (TPSA) is 102 Å². The van der Waals surface area contributed by atoms with Crippen LogP contribution in [0.2, 0.25) is 0 Å². The van der Waals surface area contributed by atoms with E-state index in [0.717, 1.165) is 29.7 Å². The Bertz CT molecular complexity index is 1130. The number of allylic oxidation sites excluding steroid dienone is 2. The molecule has 0 amide bonds. The van der Waals surface area contributed by atoms with E-state index in [0.29, 0.717) is 35.9 Å². The summed E-state index contributed by atoms with van der Waals surface area (Å²) in [5.74, 6) is 1.93. The molecule has 1 aliphatic heterocycles. The Morgan fingerprint density at radius 1 is 0.975 bits per heavy atom. The molecule has 1 aromatic rings. The van der Waals surface area contributed by atoms with Crippen molar-refractivity contribution in [1.82, 2.24) is 0 Å². The van der Waals surface area contributed by atoms with E-state index in [2.05, 4.69) is 13.2 Å². The normalized spacial score (nSPS) is 27.4. The average molecular weight is 551 g/mol. The third kappa shape index (κ3) is 9.33. The fourth-order valence-corrected chi connectivity index (χ4v) is 5.77. The van der Waals surface area contributed by atoms with Crippen LogP contribution in [0.15, 0.2) is 72.4 Å². The molecule has 5 rings (SSSR count).